The van der Waals surface area contributed by atoms with Gasteiger partial charge in [-0.25, -0.2) is 4.39 Å². The van der Waals surface area contributed by atoms with Crippen molar-refractivity contribution in [2.45, 2.75) is 12.5 Å². The van der Waals surface area contributed by atoms with Crippen molar-refractivity contribution in [3.8, 4) is 11.5 Å². The molecule has 2 N–H and O–H groups in total. The quantitative estimate of drug-likeness (QED) is 0.796. The molecule has 1 heterocycles. The van der Waals surface area contributed by atoms with Gasteiger partial charge in [-0.15, -0.1) is 0 Å². The standard InChI is InChI=1S/C11H14FNO3/c1-14-10-5-11(9(13)4-8(10)12)16-7-2-3-15-6-7/h4-5,7H,2-3,6,13H2,1H3. The number of hydrogen-bond acceptors (Lipinski definition) is 4. The summed E-state index contributed by atoms with van der Waals surface area (Å²) in [7, 11) is 1.40. The predicted octanol–water partition coefficient (Wildman–Crippen LogP) is 1.58. The zero-order chi connectivity index (χ0) is 11.5. The van der Waals surface area contributed by atoms with Gasteiger partial charge in [-0.3, -0.25) is 0 Å². The second-order valence-corrected chi connectivity index (χ2v) is 3.63. The van der Waals surface area contributed by atoms with Crippen molar-refractivity contribution in [2.75, 3.05) is 26.1 Å². The molecule has 0 aliphatic carbocycles. The third kappa shape index (κ3) is 2.19. The van der Waals surface area contributed by atoms with Crippen LogP contribution in [-0.4, -0.2) is 26.4 Å². The monoisotopic (exact) mass is 227 g/mol. The maximum absolute atomic E-state index is 13.3. The Kier molecular flexibility index (Phi) is 3.14. The summed E-state index contributed by atoms with van der Waals surface area (Å²) >= 11 is 0. The number of rotatable bonds is 3. The van der Waals surface area contributed by atoms with Gasteiger partial charge < -0.3 is 19.9 Å². The van der Waals surface area contributed by atoms with Crippen LogP contribution in [0.5, 0.6) is 11.5 Å². The molecule has 88 valence electrons. The van der Waals surface area contributed by atoms with Gasteiger partial charge >= 0.3 is 0 Å². The summed E-state index contributed by atoms with van der Waals surface area (Å²) in [5, 5.41) is 0. The number of benzene rings is 1. The molecule has 5 heteroatoms. The smallest absolute Gasteiger partial charge is 0.167 e. The Morgan fingerprint density at radius 1 is 1.44 bits per heavy atom. The molecule has 0 radical (unpaired) electrons. The van der Waals surface area contributed by atoms with E-state index in [1.807, 2.05) is 0 Å². The van der Waals surface area contributed by atoms with Gasteiger partial charge in [-0.2, -0.15) is 0 Å². The molecule has 0 saturated carbocycles. The molecule has 1 aliphatic rings. The van der Waals surface area contributed by atoms with E-state index in [1.165, 1.54) is 19.2 Å². The average Bonchev–Trinajstić information content (AvgIpc) is 2.75. The molecule has 1 fully saturated rings. The van der Waals surface area contributed by atoms with E-state index in [0.29, 0.717) is 19.0 Å². The van der Waals surface area contributed by atoms with Gasteiger partial charge in [-0.1, -0.05) is 0 Å². The summed E-state index contributed by atoms with van der Waals surface area (Å²) < 4.78 is 28.9. The first-order valence-electron chi connectivity index (χ1n) is 5.08. The van der Waals surface area contributed by atoms with Crippen molar-refractivity contribution in [3.05, 3.63) is 17.9 Å². The van der Waals surface area contributed by atoms with Gasteiger partial charge in [0.15, 0.2) is 11.6 Å². The highest BCUT2D eigenvalue weighted by atomic mass is 19.1. The molecule has 0 amide bonds. The molecule has 1 atom stereocenters. The highest BCUT2D eigenvalue weighted by Crippen LogP contribution is 2.31. The molecule has 16 heavy (non-hydrogen) atoms. The number of hydrogen-bond donors (Lipinski definition) is 1. The first-order valence-corrected chi connectivity index (χ1v) is 5.08. The lowest BCUT2D eigenvalue weighted by Gasteiger charge is -2.15. The number of nitrogen functional groups attached to an aromatic ring is 1. The Balaban J connectivity index is 2.18. The van der Waals surface area contributed by atoms with Crippen LogP contribution in [0.1, 0.15) is 6.42 Å². The number of nitrogens with two attached hydrogens (primary N) is 1. The molecule has 0 spiro atoms. The lowest BCUT2D eigenvalue weighted by Crippen LogP contribution is -2.16. The molecule has 1 aromatic carbocycles. The normalized spacial score (nSPS) is 19.8. The van der Waals surface area contributed by atoms with Gasteiger partial charge in [0, 0.05) is 18.6 Å². The zero-order valence-electron chi connectivity index (χ0n) is 9.03. The number of halogens is 1. The largest absolute Gasteiger partial charge is 0.494 e. The summed E-state index contributed by atoms with van der Waals surface area (Å²) in [6.07, 6.45) is 0.802. The fraction of sp³-hybridized carbons (Fsp3) is 0.455. The maximum atomic E-state index is 13.3. The summed E-state index contributed by atoms with van der Waals surface area (Å²) in [5.41, 5.74) is 5.93. The van der Waals surface area contributed by atoms with Crippen molar-refractivity contribution < 1.29 is 18.6 Å². The Morgan fingerprint density at radius 2 is 2.25 bits per heavy atom. The van der Waals surface area contributed by atoms with E-state index < -0.39 is 5.82 Å². The minimum atomic E-state index is -0.491. The third-order valence-electron chi connectivity index (χ3n) is 2.47. The van der Waals surface area contributed by atoms with Gasteiger partial charge in [0.25, 0.3) is 0 Å². The number of methoxy groups -OCH3 is 1. The summed E-state index contributed by atoms with van der Waals surface area (Å²) in [5.74, 6) is 0.0758. The van der Waals surface area contributed by atoms with E-state index in [0.717, 1.165) is 6.42 Å². The zero-order valence-corrected chi connectivity index (χ0v) is 9.03. The van der Waals surface area contributed by atoms with Crippen LogP contribution in [0.2, 0.25) is 0 Å². The van der Waals surface area contributed by atoms with Crippen LogP contribution in [0.15, 0.2) is 12.1 Å². The van der Waals surface area contributed by atoms with Crippen molar-refractivity contribution in [3.63, 3.8) is 0 Å². The Labute approximate surface area is 93.1 Å². The van der Waals surface area contributed by atoms with E-state index in [1.54, 1.807) is 0 Å². The summed E-state index contributed by atoms with van der Waals surface area (Å²) in [6, 6.07) is 2.66. The summed E-state index contributed by atoms with van der Waals surface area (Å²) in [6.45, 7) is 1.22. The van der Waals surface area contributed by atoms with Crippen LogP contribution in [0.3, 0.4) is 0 Å². The molecular weight excluding hydrogens is 213 g/mol. The van der Waals surface area contributed by atoms with Gasteiger partial charge in [0.05, 0.1) is 26.0 Å². The van der Waals surface area contributed by atoms with Crippen LogP contribution < -0.4 is 15.2 Å². The molecule has 4 nitrogen and oxygen atoms in total. The molecular formula is C11H14FNO3. The van der Waals surface area contributed by atoms with Crippen LogP contribution in [0.4, 0.5) is 10.1 Å². The minimum absolute atomic E-state index is 0.0162. The minimum Gasteiger partial charge on any atom is -0.494 e. The topological polar surface area (TPSA) is 53.7 Å². The van der Waals surface area contributed by atoms with Crippen molar-refractivity contribution in [1.29, 1.82) is 0 Å². The average molecular weight is 227 g/mol. The Hall–Kier alpha value is -1.49. The highest BCUT2D eigenvalue weighted by molar-refractivity contribution is 5.56. The van der Waals surface area contributed by atoms with Gasteiger partial charge in [0.1, 0.15) is 11.9 Å². The molecule has 2 rings (SSSR count). The SMILES string of the molecule is COc1cc(OC2CCOC2)c(N)cc1F. The van der Waals surface area contributed by atoms with Crippen LogP contribution in [0, 0.1) is 5.82 Å². The van der Waals surface area contributed by atoms with Crippen molar-refractivity contribution >= 4 is 5.69 Å². The number of anilines is 1. The van der Waals surface area contributed by atoms with E-state index in [9.17, 15) is 4.39 Å². The molecule has 1 unspecified atom stereocenters. The van der Waals surface area contributed by atoms with E-state index in [-0.39, 0.29) is 17.5 Å². The third-order valence-corrected chi connectivity index (χ3v) is 2.47. The molecule has 0 aromatic heterocycles. The second kappa shape index (κ2) is 4.57. The summed E-state index contributed by atoms with van der Waals surface area (Å²) in [4.78, 5) is 0. The number of ether oxygens (including phenoxy) is 3. The first-order chi connectivity index (χ1) is 7.70. The van der Waals surface area contributed by atoms with Crippen LogP contribution >= 0.6 is 0 Å². The lowest BCUT2D eigenvalue weighted by molar-refractivity contribution is 0.141. The van der Waals surface area contributed by atoms with Crippen LogP contribution in [0.25, 0.3) is 0 Å². The Bertz CT molecular complexity index is 378. The second-order valence-electron chi connectivity index (χ2n) is 3.63. The molecule has 1 saturated heterocycles. The van der Waals surface area contributed by atoms with E-state index in [2.05, 4.69) is 0 Å². The van der Waals surface area contributed by atoms with Gasteiger partial charge in [-0.05, 0) is 0 Å². The fourth-order valence-electron chi connectivity index (χ4n) is 1.59. The van der Waals surface area contributed by atoms with E-state index in [4.69, 9.17) is 19.9 Å². The fourth-order valence-corrected chi connectivity index (χ4v) is 1.59. The maximum Gasteiger partial charge on any atom is 0.167 e. The van der Waals surface area contributed by atoms with Crippen molar-refractivity contribution in [2.24, 2.45) is 0 Å². The van der Waals surface area contributed by atoms with Gasteiger partial charge in [0.2, 0.25) is 0 Å². The highest BCUT2D eigenvalue weighted by Gasteiger charge is 2.19. The predicted molar refractivity (Wildman–Crippen MR) is 57.2 cm³/mol. The van der Waals surface area contributed by atoms with E-state index >= 15 is 0 Å². The molecule has 1 aromatic rings. The Morgan fingerprint density at radius 3 is 2.88 bits per heavy atom. The molecule has 1 aliphatic heterocycles. The first kappa shape index (κ1) is 11.0. The van der Waals surface area contributed by atoms with Crippen molar-refractivity contribution in [1.82, 2.24) is 0 Å². The lowest BCUT2D eigenvalue weighted by atomic mass is 10.2. The van der Waals surface area contributed by atoms with Crippen LogP contribution in [-0.2, 0) is 4.74 Å². The molecule has 0 bridgehead atoms.